The highest BCUT2D eigenvalue weighted by molar-refractivity contribution is 9.12. The molecule has 0 amide bonds. The average molecular weight is 567 g/mol. The van der Waals surface area contributed by atoms with Crippen LogP contribution in [0.5, 0.6) is 0 Å². The summed E-state index contributed by atoms with van der Waals surface area (Å²) in [5.41, 5.74) is 4.58. The lowest BCUT2D eigenvalue weighted by atomic mass is 10.2. The van der Waals surface area contributed by atoms with Gasteiger partial charge in [0.05, 0.1) is 11.1 Å². The number of non-ortho nitro benzene ring substituents is 1. The zero-order valence-electron chi connectivity index (χ0n) is 21.0. The van der Waals surface area contributed by atoms with Gasteiger partial charge in [-0.25, -0.2) is 5.43 Å². The fourth-order valence-electron chi connectivity index (χ4n) is 3.31. The SMILES string of the molecule is CCCCN(CCCC)c1nc(NN=C/C(Br)=C/c2ccccc2)nc(Nc2ccc([N+](=O)[O-])cc2)n1. The highest BCUT2D eigenvalue weighted by Gasteiger charge is 2.14. The Morgan fingerprint density at radius 2 is 1.65 bits per heavy atom. The van der Waals surface area contributed by atoms with Crippen molar-refractivity contribution in [2.45, 2.75) is 39.5 Å². The molecule has 0 aliphatic rings. The topological polar surface area (TPSA) is 121 Å². The van der Waals surface area contributed by atoms with Crippen LogP contribution in [0.15, 0.2) is 64.2 Å². The lowest BCUT2D eigenvalue weighted by Crippen LogP contribution is -2.28. The first-order chi connectivity index (χ1) is 18.0. The van der Waals surface area contributed by atoms with Crippen molar-refractivity contribution >= 4 is 57.4 Å². The Balaban J connectivity index is 1.85. The van der Waals surface area contributed by atoms with Gasteiger partial charge < -0.3 is 10.2 Å². The van der Waals surface area contributed by atoms with Gasteiger partial charge in [-0.3, -0.25) is 10.1 Å². The Kier molecular flexibility index (Phi) is 11.0. The van der Waals surface area contributed by atoms with Crippen LogP contribution in [0.1, 0.15) is 45.1 Å². The summed E-state index contributed by atoms with van der Waals surface area (Å²) in [4.78, 5) is 26.4. The van der Waals surface area contributed by atoms with E-state index in [-0.39, 0.29) is 11.6 Å². The molecule has 10 nitrogen and oxygen atoms in total. The third kappa shape index (κ3) is 9.26. The molecule has 3 aromatic rings. The zero-order chi connectivity index (χ0) is 26.5. The highest BCUT2D eigenvalue weighted by Crippen LogP contribution is 2.21. The summed E-state index contributed by atoms with van der Waals surface area (Å²) in [5, 5.41) is 18.4. The number of nitrogens with zero attached hydrogens (tertiary/aromatic N) is 6. The molecule has 0 spiro atoms. The quantitative estimate of drug-likeness (QED) is 0.124. The van der Waals surface area contributed by atoms with E-state index in [4.69, 9.17) is 0 Å². The maximum absolute atomic E-state index is 11.0. The van der Waals surface area contributed by atoms with Gasteiger partial charge in [-0.15, -0.1) is 0 Å². The van der Waals surface area contributed by atoms with Gasteiger partial charge in [0.25, 0.3) is 5.69 Å². The van der Waals surface area contributed by atoms with E-state index in [1.165, 1.54) is 12.1 Å². The Hall–Kier alpha value is -3.86. The Morgan fingerprint density at radius 1 is 1.00 bits per heavy atom. The summed E-state index contributed by atoms with van der Waals surface area (Å²) >= 11 is 3.51. The zero-order valence-corrected chi connectivity index (χ0v) is 22.6. The van der Waals surface area contributed by atoms with E-state index in [2.05, 4.69) is 65.5 Å². The van der Waals surface area contributed by atoms with E-state index in [0.29, 0.717) is 17.6 Å². The van der Waals surface area contributed by atoms with Crippen molar-refractivity contribution < 1.29 is 4.92 Å². The van der Waals surface area contributed by atoms with Gasteiger partial charge in [-0.1, -0.05) is 57.0 Å². The largest absolute Gasteiger partial charge is 0.341 e. The maximum atomic E-state index is 11.0. The summed E-state index contributed by atoms with van der Waals surface area (Å²) in [6.45, 7) is 5.95. The molecular weight excluding hydrogens is 536 g/mol. The van der Waals surface area contributed by atoms with Crippen molar-refractivity contribution in [1.29, 1.82) is 0 Å². The molecule has 0 unspecified atom stereocenters. The maximum Gasteiger partial charge on any atom is 0.269 e. The minimum atomic E-state index is -0.436. The van der Waals surface area contributed by atoms with Crippen molar-refractivity contribution in [2.75, 3.05) is 28.7 Å². The molecule has 0 saturated carbocycles. The van der Waals surface area contributed by atoms with Crippen LogP contribution in [0.25, 0.3) is 6.08 Å². The predicted molar refractivity (Wildman–Crippen MR) is 154 cm³/mol. The number of hydrazone groups is 1. The van der Waals surface area contributed by atoms with Crippen molar-refractivity contribution in [3.8, 4) is 0 Å². The first kappa shape index (κ1) is 27.7. The van der Waals surface area contributed by atoms with Crippen LogP contribution < -0.4 is 15.6 Å². The number of anilines is 4. The van der Waals surface area contributed by atoms with Gasteiger partial charge in [0.15, 0.2) is 0 Å². The number of hydrogen-bond acceptors (Lipinski definition) is 9. The molecule has 0 bridgehead atoms. The smallest absolute Gasteiger partial charge is 0.269 e. The fraction of sp³-hybridized carbons (Fsp3) is 0.308. The molecule has 11 heteroatoms. The number of allylic oxidation sites excluding steroid dienone is 1. The summed E-state index contributed by atoms with van der Waals surface area (Å²) in [6.07, 6.45) is 7.71. The van der Waals surface area contributed by atoms with Gasteiger partial charge >= 0.3 is 0 Å². The van der Waals surface area contributed by atoms with Crippen LogP contribution in [-0.4, -0.2) is 39.2 Å². The van der Waals surface area contributed by atoms with Gasteiger partial charge in [-0.2, -0.15) is 20.1 Å². The number of rotatable bonds is 14. The molecule has 0 aliphatic heterocycles. The minimum Gasteiger partial charge on any atom is -0.341 e. The minimum absolute atomic E-state index is 0.0121. The lowest BCUT2D eigenvalue weighted by Gasteiger charge is -2.23. The molecule has 2 aromatic carbocycles. The van der Waals surface area contributed by atoms with Crippen LogP contribution >= 0.6 is 15.9 Å². The summed E-state index contributed by atoms with van der Waals surface area (Å²) < 4.78 is 0.775. The lowest BCUT2D eigenvalue weighted by molar-refractivity contribution is -0.384. The van der Waals surface area contributed by atoms with Crippen LogP contribution in [0.2, 0.25) is 0 Å². The van der Waals surface area contributed by atoms with E-state index in [9.17, 15) is 10.1 Å². The standard InChI is InChI=1S/C26H31BrN8O2/c1-3-5-16-34(17-6-4-2)26-31-24(29-22-12-14-23(15-13-22)35(36)37)30-25(32-26)33-28-19-21(27)18-20-10-8-7-9-11-20/h7-15,18-19H,3-6,16-17H2,1-2H3,(H2,29,30,31,32,33)/b21-18-,28-19?. The number of nitrogens with one attached hydrogen (secondary N) is 2. The van der Waals surface area contributed by atoms with Crippen LogP contribution in [0, 0.1) is 10.1 Å². The molecule has 0 fully saturated rings. The molecule has 0 aliphatic carbocycles. The Bertz CT molecular complexity index is 1190. The summed E-state index contributed by atoms with van der Waals surface area (Å²) in [5.74, 6) is 1.13. The first-order valence-electron chi connectivity index (χ1n) is 12.2. The fourth-order valence-corrected chi connectivity index (χ4v) is 3.68. The second kappa shape index (κ2) is 14.6. The van der Waals surface area contributed by atoms with E-state index < -0.39 is 4.92 Å². The summed E-state index contributed by atoms with van der Waals surface area (Å²) in [7, 11) is 0. The molecule has 194 valence electrons. The van der Waals surface area contributed by atoms with Gasteiger partial charge in [-0.05, 0) is 52.5 Å². The molecule has 0 radical (unpaired) electrons. The van der Waals surface area contributed by atoms with Gasteiger partial charge in [0, 0.05) is 35.4 Å². The summed E-state index contributed by atoms with van der Waals surface area (Å²) in [6, 6.07) is 16.0. The van der Waals surface area contributed by atoms with Crippen LogP contribution in [0.4, 0.5) is 29.2 Å². The molecular formula is C26H31BrN8O2. The number of aromatic nitrogens is 3. The van der Waals surface area contributed by atoms with Crippen molar-refractivity contribution in [2.24, 2.45) is 5.10 Å². The van der Waals surface area contributed by atoms with Gasteiger partial charge in [0.2, 0.25) is 17.8 Å². The molecule has 1 heterocycles. The predicted octanol–water partition coefficient (Wildman–Crippen LogP) is 6.76. The third-order valence-electron chi connectivity index (χ3n) is 5.26. The normalized spacial score (nSPS) is 11.5. The third-order valence-corrected chi connectivity index (χ3v) is 5.69. The highest BCUT2D eigenvalue weighted by atomic mass is 79.9. The number of unbranched alkanes of at least 4 members (excludes halogenated alkanes) is 2. The number of halogens is 1. The average Bonchev–Trinajstić information content (AvgIpc) is 2.89. The second-order valence-corrected chi connectivity index (χ2v) is 9.13. The van der Waals surface area contributed by atoms with Crippen molar-refractivity contribution in [3.05, 3.63) is 74.8 Å². The van der Waals surface area contributed by atoms with E-state index in [0.717, 1.165) is 48.8 Å². The van der Waals surface area contributed by atoms with Gasteiger partial charge in [0.1, 0.15) is 0 Å². The monoisotopic (exact) mass is 566 g/mol. The van der Waals surface area contributed by atoms with Crippen LogP contribution in [-0.2, 0) is 0 Å². The molecule has 37 heavy (non-hydrogen) atoms. The Morgan fingerprint density at radius 3 is 2.27 bits per heavy atom. The van der Waals surface area contributed by atoms with E-state index >= 15 is 0 Å². The molecule has 2 N–H and O–H groups in total. The molecule has 3 rings (SSSR count). The van der Waals surface area contributed by atoms with E-state index in [1.54, 1.807) is 18.3 Å². The molecule has 0 saturated heterocycles. The molecule has 1 aromatic heterocycles. The van der Waals surface area contributed by atoms with Crippen LogP contribution in [0.3, 0.4) is 0 Å². The number of nitro groups is 1. The second-order valence-electron chi connectivity index (χ2n) is 8.22. The number of hydrogen-bond donors (Lipinski definition) is 2. The van der Waals surface area contributed by atoms with Crippen molar-refractivity contribution in [1.82, 2.24) is 15.0 Å². The number of nitro benzene ring substituents is 1. The number of benzene rings is 2. The molecule has 0 atom stereocenters. The van der Waals surface area contributed by atoms with Crippen molar-refractivity contribution in [3.63, 3.8) is 0 Å². The first-order valence-corrected chi connectivity index (χ1v) is 13.0. The van der Waals surface area contributed by atoms with E-state index in [1.807, 2.05) is 36.4 Å². The Labute approximate surface area is 225 Å².